The lowest BCUT2D eigenvalue weighted by atomic mass is 10.0. The van der Waals surface area contributed by atoms with Gasteiger partial charge in [0.2, 0.25) is 5.78 Å². The Balaban J connectivity index is 1.66. The summed E-state index contributed by atoms with van der Waals surface area (Å²) in [5.74, 6) is 1.41. The largest absolute Gasteiger partial charge is 0.872 e. The fourth-order valence-electron chi connectivity index (χ4n) is 3.62. The van der Waals surface area contributed by atoms with E-state index in [0.29, 0.717) is 53.7 Å². The number of methoxy groups -OCH3 is 2. The van der Waals surface area contributed by atoms with E-state index in [1.165, 1.54) is 11.0 Å². The fraction of sp³-hybridized carbons (Fsp3) is 0.318. The van der Waals surface area contributed by atoms with Crippen molar-refractivity contribution in [3.8, 4) is 23.0 Å². The molecule has 4 rings (SSSR count). The van der Waals surface area contributed by atoms with Crippen LogP contribution in [-0.4, -0.2) is 46.3 Å². The van der Waals surface area contributed by atoms with Crippen molar-refractivity contribution in [1.82, 2.24) is 0 Å². The maximum atomic E-state index is 12.9. The van der Waals surface area contributed by atoms with Gasteiger partial charge in [-0.15, -0.1) is 0 Å². The highest BCUT2D eigenvalue weighted by molar-refractivity contribution is 6.15. The number of allylic oxidation sites excluding steroid dienone is 1. The predicted octanol–water partition coefficient (Wildman–Crippen LogP) is 0.809. The van der Waals surface area contributed by atoms with Crippen LogP contribution >= 0.6 is 0 Å². The van der Waals surface area contributed by atoms with E-state index in [4.69, 9.17) is 18.9 Å². The average Bonchev–Trinajstić information content (AvgIpc) is 3.07. The van der Waals surface area contributed by atoms with E-state index in [9.17, 15) is 9.90 Å². The summed E-state index contributed by atoms with van der Waals surface area (Å²) in [6.45, 7) is 3.49. The molecule has 2 aromatic carbocycles. The number of hydrogen-bond donors (Lipinski definition) is 1. The number of benzene rings is 2. The SMILES string of the molecule is COc1ccc(/C=C2\Oc3c(ccc([O-])c3C[NH+]3CCOCC3)C2=O)c(OC)c1. The van der Waals surface area contributed by atoms with E-state index in [1.54, 1.807) is 44.6 Å². The number of carbonyl (C=O) groups is 1. The van der Waals surface area contributed by atoms with Gasteiger partial charge in [0.15, 0.2) is 5.76 Å². The van der Waals surface area contributed by atoms with Crippen LogP contribution in [0.4, 0.5) is 0 Å². The molecule has 7 heteroatoms. The second kappa shape index (κ2) is 8.14. The summed E-state index contributed by atoms with van der Waals surface area (Å²) in [7, 11) is 3.13. The molecule has 1 saturated heterocycles. The van der Waals surface area contributed by atoms with Gasteiger partial charge in [-0.3, -0.25) is 4.79 Å². The Morgan fingerprint density at radius 2 is 1.93 bits per heavy atom. The molecule has 1 fully saturated rings. The molecule has 2 heterocycles. The zero-order valence-corrected chi connectivity index (χ0v) is 16.4. The predicted molar refractivity (Wildman–Crippen MR) is 104 cm³/mol. The normalized spacial score (nSPS) is 17.9. The van der Waals surface area contributed by atoms with Crippen molar-refractivity contribution in [2.75, 3.05) is 40.5 Å². The Morgan fingerprint density at radius 3 is 2.66 bits per heavy atom. The standard InChI is InChI=1S/C22H23NO6/c1-26-15-4-3-14(19(12-15)27-2)11-20-21(25)16-5-6-18(24)17(22(16)29-20)13-23-7-9-28-10-8-23/h3-6,11-12,24H,7-10,13H2,1-2H3/b20-11-. The maximum Gasteiger partial charge on any atom is 0.231 e. The second-order valence-electron chi connectivity index (χ2n) is 7.01. The number of nitrogens with one attached hydrogen (secondary N) is 1. The van der Waals surface area contributed by atoms with Gasteiger partial charge < -0.3 is 29.0 Å². The number of Topliss-reactive ketones (excluding diaryl/α,β-unsaturated/α-hetero) is 1. The molecule has 7 nitrogen and oxygen atoms in total. The van der Waals surface area contributed by atoms with Gasteiger partial charge in [0.05, 0.1) is 33.0 Å². The minimum absolute atomic E-state index is 0.112. The molecule has 0 radical (unpaired) electrons. The summed E-state index contributed by atoms with van der Waals surface area (Å²) in [6, 6.07) is 8.31. The van der Waals surface area contributed by atoms with Crippen molar-refractivity contribution in [2.45, 2.75) is 6.54 Å². The molecule has 2 aromatic rings. The molecule has 0 saturated carbocycles. The van der Waals surface area contributed by atoms with Crippen molar-refractivity contribution >= 4 is 11.9 Å². The first-order chi connectivity index (χ1) is 14.1. The molecule has 152 valence electrons. The summed E-state index contributed by atoms with van der Waals surface area (Å²) >= 11 is 0. The van der Waals surface area contributed by atoms with E-state index in [2.05, 4.69) is 0 Å². The molecule has 0 unspecified atom stereocenters. The summed E-state index contributed by atoms with van der Waals surface area (Å²) in [5.41, 5.74) is 1.65. The summed E-state index contributed by atoms with van der Waals surface area (Å²) < 4.78 is 21.9. The fourth-order valence-corrected chi connectivity index (χ4v) is 3.62. The average molecular weight is 397 g/mol. The Bertz CT molecular complexity index is 962. The molecule has 0 amide bonds. The molecule has 29 heavy (non-hydrogen) atoms. The number of ether oxygens (including phenoxy) is 4. The molecule has 0 aromatic heterocycles. The van der Waals surface area contributed by atoms with Crippen LogP contribution in [0.2, 0.25) is 0 Å². The topological polar surface area (TPSA) is 81.5 Å². The van der Waals surface area contributed by atoms with E-state index in [0.717, 1.165) is 13.1 Å². The van der Waals surface area contributed by atoms with Crippen molar-refractivity contribution in [1.29, 1.82) is 0 Å². The molecule has 0 spiro atoms. The highest BCUT2D eigenvalue weighted by atomic mass is 16.5. The zero-order valence-electron chi connectivity index (χ0n) is 16.4. The Labute approximate surface area is 169 Å². The molecule has 2 aliphatic rings. The summed E-state index contributed by atoms with van der Waals surface area (Å²) in [5, 5.41) is 12.5. The molecule has 1 N–H and O–H groups in total. The first-order valence-electron chi connectivity index (χ1n) is 9.51. The van der Waals surface area contributed by atoms with E-state index in [-0.39, 0.29) is 17.3 Å². The molecular weight excluding hydrogens is 374 g/mol. The Morgan fingerprint density at radius 1 is 1.14 bits per heavy atom. The second-order valence-corrected chi connectivity index (χ2v) is 7.01. The molecule has 0 bridgehead atoms. The van der Waals surface area contributed by atoms with Gasteiger partial charge in [0, 0.05) is 17.2 Å². The zero-order chi connectivity index (χ0) is 20.4. The molecular formula is C22H23NO6. The van der Waals surface area contributed by atoms with Crippen LogP contribution in [0.1, 0.15) is 21.5 Å². The van der Waals surface area contributed by atoms with Gasteiger partial charge in [-0.25, -0.2) is 0 Å². The molecule has 0 aliphatic carbocycles. The Kier molecular flexibility index (Phi) is 5.42. The lowest BCUT2D eigenvalue weighted by Crippen LogP contribution is -3.12. The van der Waals surface area contributed by atoms with Crippen LogP contribution < -0.4 is 24.2 Å². The third-order valence-corrected chi connectivity index (χ3v) is 5.25. The number of carbonyl (C=O) groups excluding carboxylic acids is 1. The first-order valence-corrected chi connectivity index (χ1v) is 9.51. The smallest absolute Gasteiger partial charge is 0.231 e. The Hall–Kier alpha value is -3.03. The van der Waals surface area contributed by atoms with Crippen LogP contribution in [0, 0.1) is 0 Å². The number of morpholine rings is 1. The van der Waals surface area contributed by atoms with Gasteiger partial charge in [0.1, 0.15) is 36.9 Å². The molecule has 0 atom stereocenters. The number of rotatable bonds is 5. The van der Waals surface area contributed by atoms with E-state index < -0.39 is 0 Å². The third kappa shape index (κ3) is 3.79. The number of ketones is 1. The van der Waals surface area contributed by atoms with Crippen molar-refractivity contribution in [2.24, 2.45) is 0 Å². The number of fused-ring (bicyclic) bond motifs is 1. The van der Waals surface area contributed by atoms with Crippen LogP contribution in [0.15, 0.2) is 36.1 Å². The van der Waals surface area contributed by atoms with Crippen LogP contribution in [0.25, 0.3) is 6.08 Å². The molecule has 2 aliphatic heterocycles. The van der Waals surface area contributed by atoms with Crippen LogP contribution in [0.3, 0.4) is 0 Å². The van der Waals surface area contributed by atoms with Gasteiger partial charge >= 0.3 is 0 Å². The summed E-state index contributed by atoms with van der Waals surface area (Å²) in [6.07, 6.45) is 1.64. The minimum Gasteiger partial charge on any atom is -0.872 e. The van der Waals surface area contributed by atoms with Crippen molar-refractivity contribution in [3.63, 3.8) is 0 Å². The van der Waals surface area contributed by atoms with E-state index in [1.807, 2.05) is 0 Å². The number of hydrogen-bond acceptors (Lipinski definition) is 6. The van der Waals surface area contributed by atoms with Crippen LogP contribution in [0.5, 0.6) is 23.0 Å². The van der Waals surface area contributed by atoms with Gasteiger partial charge in [-0.1, -0.05) is 11.8 Å². The maximum absolute atomic E-state index is 12.9. The van der Waals surface area contributed by atoms with Gasteiger partial charge in [-0.2, -0.15) is 0 Å². The van der Waals surface area contributed by atoms with Gasteiger partial charge in [-0.05, 0) is 24.3 Å². The van der Waals surface area contributed by atoms with Crippen molar-refractivity contribution < 1.29 is 33.7 Å². The van der Waals surface area contributed by atoms with Crippen LogP contribution in [-0.2, 0) is 11.3 Å². The van der Waals surface area contributed by atoms with Gasteiger partial charge in [0.25, 0.3) is 0 Å². The lowest BCUT2D eigenvalue weighted by Gasteiger charge is -2.26. The highest BCUT2D eigenvalue weighted by Gasteiger charge is 2.31. The minimum atomic E-state index is -0.240. The first kappa shape index (κ1) is 19.3. The quantitative estimate of drug-likeness (QED) is 0.752. The lowest BCUT2D eigenvalue weighted by molar-refractivity contribution is -0.921. The van der Waals surface area contributed by atoms with Crippen molar-refractivity contribution in [3.05, 3.63) is 52.8 Å². The number of quaternary nitrogens is 1. The third-order valence-electron chi connectivity index (χ3n) is 5.25. The summed E-state index contributed by atoms with van der Waals surface area (Å²) in [4.78, 5) is 14.1. The monoisotopic (exact) mass is 397 g/mol. The van der Waals surface area contributed by atoms with E-state index >= 15 is 0 Å². The highest BCUT2D eigenvalue weighted by Crippen LogP contribution is 2.39.